The Hall–Kier alpha value is -3.15. The molecule has 6 heteroatoms. The van der Waals surface area contributed by atoms with Gasteiger partial charge in [0, 0.05) is 29.0 Å². The molecule has 0 atom stereocenters. The molecular formula is C19H15FO5. The van der Waals surface area contributed by atoms with E-state index in [2.05, 4.69) is 4.74 Å². The standard InChI is InChI=1S/C19H15FO5/c1-24-17(22)9-8-15-14-7-6-13(21)10-16(14)25-19(15)18(23)11-2-4-12(20)5-3-11/h2-7,10,21H,8-9H2,1H3. The van der Waals surface area contributed by atoms with Gasteiger partial charge in [-0.05, 0) is 42.8 Å². The fourth-order valence-electron chi connectivity index (χ4n) is 2.63. The molecule has 0 saturated carbocycles. The van der Waals surface area contributed by atoms with Crippen molar-refractivity contribution < 1.29 is 28.2 Å². The van der Waals surface area contributed by atoms with Crippen LogP contribution in [-0.2, 0) is 16.0 Å². The van der Waals surface area contributed by atoms with Crippen LogP contribution < -0.4 is 0 Å². The Kier molecular flexibility index (Phi) is 4.52. The fraction of sp³-hybridized carbons (Fsp3) is 0.158. The Morgan fingerprint density at radius 3 is 2.56 bits per heavy atom. The molecule has 128 valence electrons. The number of carbonyl (C=O) groups is 2. The number of furan rings is 1. The highest BCUT2D eigenvalue weighted by Gasteiger charge is 2.22. The quantitative estimate of drug-likeness (QED) is 0.566. The molecular weight excluding hydrogens is 327 g/mol. The summed E-state index contributed by atoms with van der Waals surface area (Å²) in [6, 6.07) is 9.62. The van der Waals surface area contributed by atoms with Gasteiger partial charge in [0.15, 0.2) is 5.76 Å². The van der Waals surface area contributed by atoms with Crippen LogP contribution in [0.5, 0.6) is 5.75 Å². The number of halogens is 1. The van der Waals surface area contributed by atoms with Gasteiger partial charge in [-0.1, -0.05) is 0 Å². The number of methoxy groups -OCH3 is 1. The van der Waals surface area contributed by atoms with E-state index in [-0.39, 0.29) is 29.9 Å². The zero-order chi connectivity index (χ0) is 18.0. The van der Waals surface area contributed by atoms with Crippen LogP contribution in [-0.4, -0.2) is 24.0 Å². The van der Waals surface area contributed by atoms with Gasteiger partial charge in [0.25, 0.3) is 0 Å². The first-order chi connectivity index (χ1) is 12.0. The first kappa shape index (κ1) is 16.7. The van der Waals surface area contributed by atoms with Gasteiger partial charge in [0.05, 0.1) is 7.11 Å². The molecule has 0 amide bonds. The van der Waals surface area contributed by atoms with Crippen molar-refractivity contribution in [3.63, 3.8) is 0 Å². The molecule has 1 aromatic heterocycles. The molecule has 5 nitrogen and oxygen atoms in total. The smallest absolute Gasteiger partial charge is 0.305 e. The fourth-order valence-corrected chi connectivity index (χ4v) is 2.63. The van der Waals surface area contributed by atoms with Gasteiger partial charge in [-0.25, -0.2) is 4.39 Å². The van der Waals surface area contributed by atoms with E-state index in [1.54, 1.807) is 6.07 Å². The summed E-state index contributed by atoms with van der Waals surface area (Å²) < 4.78 is 23.4. The van der Waals surface area contributed by atoms with Gasteiger partial charge in [-0.3, -0.25) is 9.59 Å². The summed E-state index contributed by atoms with van der Waals surface area (Å²) in [6.45, 7) is 0. The lowest BCUT2D eigenvalue weighted by atomic mass is 10.0. The average Bonchev–Trinajstić information content (AvgIpc) is 2.97. The highest BCUT2D eigenvalue weighted by Crippen LogP contribution is 2.31. The van der Waals surface area contributed by atoms with E-state index < -0.39 is 17.6 Å². The number of fused-ring (bicyclic) bond motifs is 1. The Balaban J connectivity index is 2.07. The number of aryl methyl sites for hydroxylation is 1. The van der Waals surface area contributed by atoms with Crippen molar-refractivity contribution in [2.75, 3.05) is 7.11 Å². The molecule has 1 heterocycles. The number of hydrogen-bond acceptors (Lipinski definition) is 5. The van der Waals surface area contributed by atoms with Crippen LogP contribution in [0.4, 0.5) is 4.39 Å². The van der Waals surface area contributed by atoms with E-state index in [0.717, 1.165) is 0 Å². The molecule has 0 aliphatic carbocycles. The summed E-state index contributed by atoms with van der Waals surface area (Å²) in [5.41, 5.74) is 1.16. The topological polar surface area (TPSA) is 76.7 Å². The molecule has 3 aromatic rings. The molecule has 1 N–H and O–H groups in total. The summed E-state index contributed by atoms with van der Waals surface area (Å²) in [7, 11) is 1.29. The molecule has 0 aliphatic rings. The second-order valence-electron chi connectivity index (χ2n) is 5.50. The van der Waals surface area contributed by atoms with Crippen molar-refractivity contribution in [3.05, 3.63) is 65.2 Å². The minimum atomic E-state index is -0.447. The van der Waals surface area contributed by atoms with Gasteiger partial charge in [-0.2, -0.15) is 0 Å². The first-order valence-corrected chi connectivity index (χ1v) is 7.61. The number of ketones is 1. The van der Waals surface area contributed by atoms with Crippen LogP contribution in [0.25, 0.3) is 11.0 Å². The summed E-state index contributed by atoms with van der Waals surface area (Å²) in [5.74, 6) is -1.21. The van der Waals surface area contributed by atoms with Gasteiger partial charge >= 0.3 is 5.97 Å². The maximum absolute atomic E-state index is 13.1. The van der Waals surface area contributed by atoms with Gasteiger partial charge in [0.2, 0.25) is 5.78 Å². The van der Waals surface area contributed by atoms with Crippen molar-refractivity contribution >= 4 is 22.7 Å². The second kappa shape index (κ2) is 6.76. The molecule has 0 saturated heterocycles. The maximum atomic E-state index is 13.1. The summed E-state index contributed by atoms with van der Waals surface area (Å²) in [6.07, 6.45) is 0.322. The van der Waals surface area contributed by atoms with E-state index in [0.29, 0.717) is 16.5 Å². The Morgan fingerprint density at radius 2 is 1.88 bits per heavy atom. The lowest BCUT2D eigenvalue weighted by molar-refractivity contribution is -0.140. The first-order valence-electron chi connectivity index (χ1n) is 7.61. The number of phenols is 1. The third-order valence-corrected chi connectivity index (χ3v) is 3.90. The van der Waals surface area contributed by atoms with Crippen molar-refractivity contribution in [2.45, 2.75) is 12.8 Å². The molecule has 0 spiro atoms. The van der Waals surface area contributed by atoms with Crippen molar-refractivity contribution in [1.29, 1.82) is 0 Å². The molecule has 0 radical (unpaired) electrons. The number of carbonyl (C=O) groups excluding carboxylic acids is 2. The number of aromatic hydroxyl groups is 1. The molecule has 0 aliphatic heterocycles. The predicted molar refractivity (Wildman–Crippen MR) is 88.0 cm³/mol. The number of phenolic OH excluding ortho intramolecular Hbond substituents is 1. The van der Waals surface area contributed by atoms with Gasteiger partial charge < -0.3 is 14.3 Å². The number of ether oxygens (including phenoxy) is 1. The minimum absolute atomic E-state index is 0.00143. The summed E-state index contributed by atoms with van der Waals surface area (Å²) in [4.78, 5) is 24.2. The largest absolute Gasteiger partial charge is 0.508 e. The van der Waals surface area contributed by atoms with E-state index in [1.807, 2.05) is 0 Å². The van der Waals surface area contributed by atoms with E-state index in [9.17, 15) is 19.1 Å². The van der Waals surface area contributed by atoms with Crippen LogP contribution >= 0.6 is 0 Å². The van der Waals surface area contributed by atoms with Crippen molar-refractivity contribution in [2.24, 2.45) is 0 Å². The van der Waals surface area contributed by atoms with E-state index >= 15 is 0 Å². The Bertz CT molecular complexity index is 940. The Morgan fingerprint density at radius 1 is 1.16 bits per heavy atom. The SMILES string of the molecule is COC(=O)CCc1c(C(=O)c2ccc(F)cc2)oc2cc(O)ccc12. The molecule has 0 bridgehead atoms. The number of rotatable bonds is 5. The highest BCUT2D eigenvalue weighted by molar-refractivity contribution is 6.10. The summed E-state index contributed by atoms with van der Waals surface area (Å²) in [5, 5.41) is 10.2. The van der Waals surface area contributed by atoms with Gasteiger partial charge in [0.1, 0.15) is 17.1 Å². The lowest BCUT2D eigenvalue weighted by Crippen LogP contribution is -2.06. The van der Waals surface area contributed by atoms with Crippen molar-refractivity contribution in [1.82, 2.24) is 0 Å². The molecule has 0 fully saturated rings. The molecule has 0 unspecified atom stereocenters. The van der Waals surface area contributed by atoms with Crippen LogP contribution in [0.1, 0.15) is 28.1 Å². The van der Waals surface area contributed by atoms with Crippen LogP contribution in [0.3, 0.4) is 0 Å². The summed E-state index contributed by atoms with van der Waals surface area (Å²) >= 11 is 0. The van der Waals surface area contributed by atoms with E-state index in [4.69, 9.17) is 4.42 Å². The van der Waals surface area contributed by atoms with Crippen LogP contribution in [0.15, 0.2) is 46.9 Å². The molecule has 2 aromatic carbocycles. The number of benzene rings is 2. The Labute approximate surface area is 142 Å². The second-order valence-corrected chi connectivity index (χ2v) is 5.50. The predicted octanol–water partition coefficient (Wildman–Crippen LogP) is 3.61. The zero-order valence-corrected chi connectivity index (χ0v) is 13.4. The number of esters is 1. The monoisotopic (exact) mass is 342 g/mol. The highest BCUT2D eigenvalue weighted by atomic mass is 19.1. The van der Waals surface area contributed by atoms with Crippen molar-refractivity contribution in [3.8, 4) is 5.75 Å². The van der Waals surface area contributed by atoms with Crippen LogP contribution in [0.2, 0.25) is 0 Å². The minimum Gasteiger partial charge on any atom is -0.508 e. The maximum Gasteiger partial charge on any atom is 0.305 e. The van der Waals surface area contributed by atoms with Gasteiger partial charge in [-0.15, -0.1) is 0 Å². The third-order valence-electron chi connectivity index (χ3n) is 3.90. The molecule has 25 heavy (non-hydrogen) atoms. The molecule has 3 rings (SSSR count). The number of hydrogen-bond donors (Lipinski definition) is 1. The third kappa shape index (κ3) is 3.38. The van der Waals surface area contributed by atoms with E-state index in [1.165, 1.54) is 43.5 Å². The average molecular weight is 342 g/mol. The lowest BCUT2D eigenvalue weighted by Gasteiger charge is -2.03. The van der Waals surface area contributed by atoms with Crippen LogP contribution in [0, 0.1) is 5.82 Å². The normalized spacial score (nSPS) is 10.8. The zero-order valence-electron chi connectivity index (χ0n) is 13.4.